The molecule has 8 saturated heterocycles. The molecule has 0 aromatic heterocycles. The summed E-state index contributed by atoms with van der Waals surface area (Å²) in [7, 11) is 0. The number of nitrogens with one attached hydrogen (secondary N) is 1. The van der Waals surface area contributed by atoms with Gasteiger partial charge in [0.05, 0.1) is 92.6 Å². The normalized spacial score (nSPS) is 56.4. The topological polar surface area (TPSA) is 125 Å². The van der Waals surface area contributed by atoms with E-state index in [0.29, 0.717) is 87.1 Å². The first-order chi connectivity index (χ1) is 64.8. The Labute approximate surface area is 832 Å². The van der Waals surface area contributed by atoms with Gasteiger partial charge in [-0.3, -0.25) is 0 Å². The first-order valence-corrected chi connectivity index (χ1v) is 59.3. The van der Waals surface area contributed by atoms with E-state index in [4.69, 9.17) is 53.9 Å². The largest absolute Gasteiger partial charge is 0.393 e. The van der Waals surface area contributed by atoms with Crippen LogP contribution in [0.25, 0.3) is 0 Å². The SMILES string of the molecule is C=C1[C@@H]2CC[C@@H](C)C[C@H]2O[C@]12CC[C@H]1[C@@H]3C[C@H](C)[C@@]4(C)CC5(CC[C@]4(C)[C@H]3C[C@@]1(C)C2(C)C)OCCO5.CC1=C2C[C@H]3[C@@H](CC=C4CC5(CC[C@@]43C)OCCO5)[C@@H]2CC[C@]12O[C@@H]1C[C@H](C)CC[C@H]1[C@H]2C.CC1=C2C[C@H]3[C@@H](CC=C4C[C@@H](O)CC[C@@]43C)[C@@H]2CC[C@]12O[C@@H]1C[C@H](C)CN[C@H]1[C@H]2C.C[C@@H]1CC[C@H]2[C@@H](C)[C@@]3(CC[C@H]4[C@@H]5C[C@H](C)[C@@]6(C)CC7(CC[C@]6(C)[C@H]5C[C@@]4(C)C3(C)C)OCCO7)O[C@@H]2C1. The smallest absolute Gasteiger partial charge is 0.172 e. The third-order valence-corrected chi connectivity index (χ3v) is 54.5. The minimum atomic E-state index is -0.309. The molecule has 0 aromatic carbocycles. The molecule has 0 radical (unpaired) electrons. The summed E-state index contributed by atoms with van der Waals surface area (Å²) >= 11 is 0. The van der Waals surface area contributed by atoms with Crippen LogP contribution in [0.15, 0.2) is 57.7 Å². The Kier molecular flexibility index (Phi) is 23.3. The highest BCUT2D eigenvalue weighted by molar-refractivity contribution is 5.42. The lowest BCUT2D eigenvalue weighted by molar-refractivity contribution is -0.260. The summed E-state index contributed by atoms with van der Waals surface area (Å²) in [6, 6.07) is 0.530. The summed E-state index contributed by atoms with van der Waals surface area (Å²) in [5.41, 5.74) is 14.3. The lowest BCUT2D eigenvalue weighted by atomic mass is 9.42. The fourth-order valence-electron chi connectivity index (χ4n) is 44.9. The first kappa shape index (κ1) is 97.3. The van der Waals surface area contributed by atoms with Crippen LogP contribution in [-0.4, -0.2) is 128 Å². The number of hydrogen-bond acceptors (Lipinski definition) is 12. The van der Waals surface area contributed by atoms with Gasteiger partial charge in [-0.1, -0.05) is 199 Å². The number of piperidine rings is 1. The summed E-state index contributed by atoms with van der Waals surface area (Å²) in [5, 5.41) is 14.1. The first-order valence-electron chi connectivity index (χ1n) is 59.3. The van der Waals surface area contributed by atoms with Gasteiger partial charge in [0.15, 0.2) is 17.4 Å². The van der Waals surface area contributed by atoms with Crippen molar-refractivity contribution in [2.45, 2.75) is 480 Å². The predicted octanol–water partition coefficient (Wildman–Crippen LogP) is 28.3. The summed E-state index contributed by atoms with van der Waals surface area (Å²) < 4.78 is 66.5. The minimum absolute atomic E-state index is 0.0222. The number of aliphatic hydroxyl groups is 1. The molecule has 8 aliphatic heterocycles. The fourth-order valence-corrected chi connectivity index (χ4v) is 44.9. The van der Waals surface area contributed by atoms with E-state index in [1.807, 2.05) is 5.57 Å². The standard InChI is InChI=1S/C34H56O3.C34H54O3.C30H44O3.C27H41NO2/c2*1-21-9-10-24-23(3)34(37-28(24)17-21)12-11-26-25-18-22(2)32(8)20-33(35-15-16-36-33)14-13-30(32,6)27(25)19-31(26,7)29(34,4)5;1-18-5-7-22-19(2)30(33-27(22)15-18)10-9-23-24-8-6-21-17-29(31-13-14-32-29)12-11-28(21,4)26(24)16-25(23)20(30)3;1-15-11-24-25(28-14-15)17(3)27(30-24)10-8-20-21-6-5-18-12-19(29)7-9-26(18,4)23(21)13-22(20)16(27)2/h21-28H,9-20H2,1-8H3;21-22,24-28H,3,9-20H2,1-2,4-8H3;6,18-19,22-24,26-27H,5,7-17H2,1-4H3;5,15,17,19-21,23-25,28-29H,6-14H2,1-4H3/t21-,22+,23-,24+,25+,26+,27+,28-,30-,31-,32-,34-;21-,22+,24+,25+,26+,27+,28-,30-,31-,32-,34-;18-,19-,22+,23+,24+,26+,27-,28+,30-;15-,17+,19-,20-,21-,23-,24+,25-,26-,27-/m1110/s1. The van der Waals surface area contributed by atoms with E-state index < -0.39 is 0 Å². The molecule has 137 heavy (non-hydrogen) atoms. The molecule has 12 nitrogen and oxygen atoms in total. The second-order valence-corrected chi connectivity index (χ2v) is 58.8. The van der Waals surface area contributed by atoms with E-state index in [-0.39, 0.29) is 72.9 Å². The Morgan fingerprint density at radius 3 is 1.39 bits per heavy atom. The van der Waals surface area contributed by atoms with Gasteiger partial charge in [0.25, 0.3) is 0 Å². The van der Waals surface area contributed by atoms with Crippen molar-refractivity contribution in [2.24, 2.45) is 196 Å². The van der Waals surface area contributed by atoms with Gasteiger partial charge in [0.1, 0.15) is 0 Å². The van der Waals surface area contributed by atoms with E-state index in [9.17, 15) is 5.11 Å². The van der Waals surface area contributed by atoms with Crippen molar-refractivity contribution in [1.82, 2.24) is 5.32 Å². The van der Waals surface area contributed by atoms with Gasteiger partial charge >= 0.3 is 0 Å². The van der Waals surface area contributed by atoms with Crippen LogP contribution < -0.4 is 5.32 Å². The average Bonchev–Trinajstić information content (AvgIpc) is 1.50. The van der Waals surface area contributed by atoms with Crippen LogP contribution in [0.5, 0.6) is 0 Å². The Morgan fingerprint density at radius 2 is 0.825 bits per heavy atom. The fraction of sp³-hybridized carbons (Fsp3) is 0.920. The monoisotopic (exact) mass is 1890 g/mol. The lowest BCUT2D eigenvalue weighted by Crippen LogP contribution is -2.62. The van der Waals surface area contributed by atoms with Crippen LogP contribution in [0, 0.1) is 196 Å². The maximum absolute atomic E-state index is 10.3. The molecular formula is C125H195NO11. The molecule has 0 unspecified atom stereocenters. The molecule has 23 fully saturated rings. The van der Waals surface area contributed by atoms with Gasteiger partial charge in [-0.2, -0.15) is 0 Å². The summed E-state index contributed by atoms with van der Waals surface area (Å²) in [6.45, 7) is 69.7. The third kappa shape index (κ3) is 13.4. The van der Waals surface area contributed by atoms with Crippen LogP contribution in [0.1, 0.15) is 403 Å². The average molecular weight is 1890 g/mol. The highest BCUT2D eigenvalue weighted by Gasteiger charge is 2.79. The van der Waals surface area contributed by atoms with Crippen molar-refractivity contribution < 1.29 is 52.5 Å². The van der Waals surface area contributed by atoms with E-state index in [2.05, 4.69) is 177 Å². The second kappa shape index (κ2) is 32.9. The molecule has 27 aliphatic rings. The zero-order chi connectivity index (χ0) is 95.9. The Morgan fingerprint density at radius 1 is 0.358 bits per heavy atom. The third-order valence-electron chi connectivity index (χ3n) is 54.5. The summed E-state index contributed by atoms with van der Waals surface area (Å²) in [6.07, 6.45) is 54.2. The van der Waals surface area contributed by atoms with Crippen molar-refractivity contribution in [3.63, 3.8) is 0 Å². The Balaban J connectivity index is 0.0000001000. The van der Waals surface area contributed by atoms with E-state index in [1.165, 1.54) is 198 Å². The van der Waals surface area contributed by atoms with Gasteiger partial charge in [-0.25, -0.2) is 0 Å². The second-order valence-electron chi connectivity index (χ2n) is 58.8. The molecular weight excluding hydrogens is 1690 g/mol. The predicted molar refractivity (Wildman–Crippen MR) is 546 cm³/mol. The van der Waals surface area contributed by atoms with Crippen molar-refractivity contribution in [1.29, 1.82) is 0 Å². The molecule has 15 saturated carbocycles. The van der Waals surface area contributed by atoms with E-state index >= 15 is 0 Å². The molecule has 0 bridgehead atoms. The maximum Gasteiger partial charge on any atom is 0.172 e. The summed E-state index contributed by atoms with van der Waals surface area (Å²) in [4.78, 5) is 0. The highest BCUT2D eigenvalue weighted by atomic mass is 16.7. The summed E-state index contributed by atoms with van der Waals surface area (Å²) in [5.74, 6) is 17.5. The number of fused-ring (bicyclic) bond motifs is 24. The van der Waals surface area contributed by atoms with Crippen molar-refractivity contribution >= 4 is 0 Å². The molecule has 0 amide bonds. The van der Waals surface area contributed by atoms with Crippen LogP contribution in [0.4, 0.5) is 0 Å². The van der Waals surface area contributed by atoms with Crippen molar-refractivity contribution in [2.75, 3.05) is 46.2 Å². The van der Waals surface area contributed by atoms with E-state index in [1.54, 1.807) is 27.9 Å². The van der Waals surface area contributed by atoms with E-state index in [0.717, 1.165) is 210 Å². The molecule has 7 spiro atoms. The van der Waals surface area contributed by atoms with Gasteiger partial charge < -0.3 is 57.8 Å². The van der Waals surface area contributed by atoms with Crippen LogP contribution in [0.3, 0.4) is 0 Å². The number of hydrogen-bond donors (Lipinski definition) is 2. The molecule has 2 N–H and O–H groups in total. The molecule has 27 rings (SSSR count). The number of allylic oxidation sites excluding steroid dienone is 4. The van der Waals surface area contributed by atoms with Crippen molar-refractivity contribution in [3.05, 3.63) is 57.7 Å². The Bertz CT molecular complexity index is 4780. The lowest BCUT2D eigenvalue weighted by Gasteiger charge is -2.64. The zero-order valence-corrected chi connectivity index (χ0v) is 91.0. The van der Waals surface area contributed by atoms with Gasteiger partial charge in [-0.05, 0) is 409 Å². The van der Waals surface area contributed by atoms with Gasteiger partial charge in [0, 0.05) is 61.8 Å². The van der Waals surface area contributed by atoms with Gasteiger partial charge in [-0.15, -0.1) is 0 Å². The zero-order valence-electron chi connectivity index (χ0n) is 91.0. The molecule has 19 aliphatic carbocycles. The van der Waals surface area contributed by atoms with Crippen LogP contribution >= 0.6 is 0 Å². The molecule has 42 atom stereocenters. The number of ether oxygens (including phenoxy) is 10. The Hall–Kier alpha value is -1.78. The van der Waals surface area contributed by atoms with Crippen LogP contribution in [-0.2, 0) is 47.4 Å². The van der Waals surface area contributed by atoms with Crippen molar-refractivity contribution in [3.8, 4) is 0 Å². The van der Waals surface area contributed by atoms with Crippen LogP contribution in [0.2, 0.25) is 0 Å². The number of aliphatic hydroxyl groups excluding tert-OH is 1. The molecule has 0 aromatic rings. The minimum Gasteiger partial charge on any atom is -0.393 e. The van der Waals surface area contributed by atoms with Gasteiger partial charge in [0.2, 0.25) is 0 Å². The maximum atomic E-state index is 10.3. The number of rotatable bonds is 0. The molecule has 8 heterocycles. The highest BCUT2D eigenvalue weighted by Crippen LogP contribution is 2.83. The quantitative estimate of drug-likeness (QED) is 0.224. The molecule has 766 valence electrons. The molecule has 12 heteroatoms.